The van der Waals surface area contributed by atoms with Crippen LogP contribution in [0.1, 0.15) is 56.6 Å². The number of aromatic nitrogens is 3. The third kappa shape index (κ3) is 6.41. The highest BCUT2D eigenvalue weighted by Gasteiger charge is 2.42. The van der Waals surface area contributed by atoms with Gasteiger partial charge in [-0.3, -0.25) is 9.69 Å². The fourth-order valence-corrected chi connectivity index (χ4v) is 4.59. The second-order valence-corrected chi connectivity index (χ2v) is 9.84. The topological polar surface area (TPSA) is 115 Å². The van der Waals surface area contributed by atoms with Crippen LogP contribution in [0.4, 0.5) is 13.2 Å². The second-order valence-electron chi connectivity index (χ2n) is 9.84. The number of esters is 1. The molecule has 3 heterocycles. The Kier molecular flexibility index (Phi) is 8.51. The van der Waals surface area contributed by atoms with E-state index in [1.807, 2.05) is 4.90 Å². The third-order valence-electron chi connectivity index (χ3n) is 6.38. The molecule has 1 N–H and O–H groups in total. The average molecular weight is 537 g/mol. The number of rotatable bonds is 9. The number of benzene rings is 1. The molecule has 0 amide bonds. The van der Waals surface area contributed by atoms with Gasteiger partial charge in [0.2, 0.25) is 5.82 Å². The lowest BCUT2D eigenvalue weighted by atomic mass is 9.97. The summed E-state index contributed by atoms with van der Waals surface area (Å²) in [6.07, 6.45) is -3.82. The number of piperidine rings is 1. The van der Waals surface area contributed by atoms with Crippen LogP contribution in [0.2, 0.25) is 0 Å². The maximum atomic E-state index is 13.8. The van der Waals surface area contributed by atoms with Gasteiger partial charge in [0.1, 0.15) is 11.3 Å². The van der Waals surface area contributed by atoms with Crippen LogP contribution in [0.5, 0.6) is 0 Å². The molecule has 1 fully saturated rings. The summed E-state index contributed by atoms with van der Waals surface area (Å²) in [6.45, 7) is 7.33. The number of hydrogen-bond acceptors (Lipinski definition) is 9. The number of hydrogen-bond donors (Lipinski definition) is 1. The summed E-state index contributed by atoms with van der Waals surface area (Å²) in [5, 5.41) is 18.1. The quantitative estimate of drug-likeness (QED) is 0.381. The van der Waals surface area contributed by atoms with Gasteiger partial charge in [0.25, 0.3) is 5.89 Å². The van der Waals surface area contributed by atoms with Crippen LogP contribution in [0.15, 0.2) is 33.3 Å². The molecule has 0 saturated carbocycles. The highest BCUT2D eigenvalue weighted by atomic mass is 19.4. The van der Waals surface area contributed by atoms with Crippen LogP contribution in [0.3, 0.4) is 0 Å². The van der Waals surface area contributed by atoms with Crippen LogP contribution in [0, 0.1) is 11.8 Å². The molecule has 2 unspecified atom stereocenters. The van der Waals surface area contributed by atoms with E-state index in [1.54, 1.807) is 45.0 Å². The number of alkyl halides is 3. The number of halogens is 3. The Bertz CT molecular complexity index is 1220. The minimum absolute atomic E-state index is 0.0630. The molecule has 38 heavy (non-hydrogen) atoms. The number of carbonyl (C=O) groups excluding carboxylic acids is 1. The van der Waals surface area contributed by atoms with E-state index in [2.05, 4.69) is 15.3 Å². The normalized spacial score (nSPS) is 17.6. The van der Waals surface area contributed by atoms with E-state index in [1.165, 1.54) is 0 Å². The fourth-order valence-electron chi connectivity index (χ4n) is 4.59. The van der Waals surface area contributed by atoms with Crippen molar-refractivity contribution in [2.24, 2.45) is 11.8 Å². The van der Waals surface area contributed by atoms with Gasteiger partial charge < -0.3 is 18.9 Å². The first kappa shape index (κ1) is 27.8. The molecule has 0 spiro atoms. The minimum atomic E-state index is -4.70. The van der Waals surface area contributed by atoms with Gasteiger partial charge in [0, 0.05) is 25.1 Å². The van der Waals surface area contributed by atoms with Crippen LogP contribution in [0.25, 0.3) is 23.0 Å². The minimum Gasteiger partial charge on any atom is -0.466 e. The molecule has 2 aromatic heterocycles. The number of nitrogens with zero attached hydrogens (tertiary/aromatic N) is 4. The Morgan fingerprint density at radius 1 is 1.21 bits per heavy atom. The Morgan fingerprint density at radius 3 is 2.61 bits per heavy atom. The zero-order valence-electron chi connectivity index (χ0n) is 21.5. The summed E-state index contributed by atoms with van der Waals surface area (Å²) in [5.74, 6) is -1.07. The molecule has 1 saturated heterocycles. The van der Waals surface area contributed by atoms with Crippen molar-refractivity contribution < 1.29 is 36.9 Å². The summed E-state index contributed by atoms with van der Waals surface area (Å²) >= 11 is 0. The van der Waals surface area contributed by atoms with Gasteiger partial charge in [0.15, 0.2) is 5.69 Å². The van der Waals surface area contributed by atoms with Gasteiger partial charge in [-0.05, 0) is 37.8 Å². The standard InChI is InChI=1S/C26H31F3N4O5/c1-4-36-25(35)18-6-5-11-33(13-18)14-19(34)16-7-9-17(10-8-16)23-30-24(38-32-23)22-21(26(27,28)29)20(37-31-22)12-15(2)3/h7-10,15,18-19,34H,4-6,11-14H2,1-3H3. The lowest BCUT2D eigenvalue weighted by Gasteiger charge is -2.32. The Balaban J connectivity index is 1.45. The van der Waals surface area contributed by atoms with Crippen molar-refractivity contribution in [1.29, 1.82) is 0 Å². The molecule has 12 heteroatoms. The van der Waals surface area contributed by atoms with E-state index in [0.717, 1.165) is 19.4 Å². The highest BCUT2D eigenvalue weighted by molar-refractivity contribution is 5.72. The van der Waals surface area contributed by atoms with Crippen LogP contribution < -0.4 is 0 Å². The molecule has 1 aromatic carbocycles. The predicted octanol–water partition coefficient (Wildman–Crippen LogP) is 4.92. The van der Waals surface area contributed by atoms with Gasteiger partial charge in [-0.2, -0.15) is 18.2 Å². The summed E-state index contributed by atoms with van der Waals surface area (Å²) in [7, 11) is 0. The van der Waals surface area contributed by atoms with Crippen LogP contribution >= 0.6 is 0 Å². The van der Waals surface area contributed by atoms with Gasteiger partial charge in [-0.15, -0.1) is 0 Å². The van der Waals surface area contributed by atoms with Gasteiger partial charge in [0.05, 0.1) is 18.6 Å². The smallest absolute Gasteiger partial charge is 0.422 e. The SMILES string of the molecule is CCOC(=O)C1CCCN(CC(O)c2ccc(-c3noc(-c4noc(CC(C)C)c4C(F)(F)F)n3)cc2)C1. The Hall–Kier alpha value is -3.25. The van der Waals surface area contributed by atoms with Gasteiger partial charge in [-0.1, -0.05) is 48.4 Å². The molecule has 2 atom stereocenters. The molecule has 3 aromatic rings. The van der Waals surface area contributed by atoms with Crippen molar-refractivity contribution >= 4 is 5.97 Å². The maximum absolute atomic E-state index is 13.8. The molecule has 0 aliphatic carbocycles. The van der Waals surface area contributed by atoms with Crippen molar-refractivity contribution in [2.75, 3.05) is 26.2 Å². The van der Waals surface area contributed by atoms with Crippen LogP contribution in [-0.2, 0) is 22.1 Å². The number of aliphatic hydroxyl groups excluding tert-OH is 1. The van der Waals surface area contributed by atoms with E-state index >= 15 is 0 Å². The maximum Gasteiger partial charge on any atom is 0.422 e. The summed E-state index contributed by atoms with van der Waals surface area (Å²) in [5.41, 5.74) is -0.412. The predicted molar refractivity (Wildman–Crippen MR) is 130 cm³/mol. The number of likely N-dealkylation sites (tertiary alicyclic amines) is 1. The number of carbonyl (C=O) groups is 1. The molecule has 4 rings (SSSR count). The molecule has 206 valence electrons. The second kappa shape index (κ2) is 11.6. The zero-order valence-corrected chi connectivity index (χ0v) is 21.5. The van der Waals surface area contributed by atoms with Gasteiger partial charge >= 0.3 is 12.1 Å². The van der Waals surface area contributed by atoms with Crippen molar-refractivity contribution in [3.05, 3.63) is 41.2 Å². The van der Waals surface area contributed by atoms with E-state index in [0.29, 0.717) is 30.8 Å². The summed E-state index contributed by atoms with van der Waals surface area (Å²) in [4.78, 5) is 18.2. The fraction of sp³-hybridized carbons (Fsp3) is 0.538. The summed E-state index contributed by atoms with van der Waals surface area (Å²) < 4.78 is 56.5. The third-order valence-corrected chi connectivity index (χ3v) is 6.38. The molecule has 1 aliphatic heterocycles. The molecule has 0 radical (unpaired) electrons. The van der Waals surface area contributed by atoms with Crippen molar-refractivity contribution in [1.82, 2.24) is 20.2 Å². The first-order chi connectivity index (χ1) is 18.1. The monoisotopic (exact) mass is 536 g/mol. The van der Waals surface area contributed by atoms with E-state index in [4.69, 9.17) is 13.8 Å². The lowest BCUT2D eigenvalue weighted by Crippen LogP contribution is -2.41. The van der Waals surface area contributed by atoms with E-state index in [-0.39, 0.29) is 35.8 Å². The molecule has 9 nitrogen and oxygen atoms in total. The zero-order chi connectivity index (χ0) is 27.4. The Morgan fingerprint density at radius 2 is 1.95 bits per heavy atom. The largest absolute Gasteiger partial charge is 0.466 e. The van der Waals surface area contributed by atoms with E-state index in [9.17, 15) is 23.1 Å². The highest BCUT2D eigenvalue weighted by Crippen LogP contribution is 2.40. The molecular formula is C26H31F3N4O5. The number of aliphatic hydroxyl groups is 1. The summed E-state index contributed by atoms with van der Waals surface area (Å²) in [6, 6.07) is 6.70. The lowest BCUT2D eigenvalue weighted by molar-refractivity contribution is -0.150. The average Bonchev–Trinajstić information content (AvgIpc) is 3.51. The Labute approximate surface area is 217 Å². The first-order valence-corrected chi connectivity index (χ1v) is 12.6. The number of ether oxygens (including phenoxy) is 1. The molecular weight excluding hydrogens is 505 g/mol. The first-order valence-electron chi connectivity index (χ1n) is 12.6. The van der Waals surface area contributed by atoms with E-state index < -0.39 is 29.4 Å². The van der Waals surface area contributed by atoms with Crippen molar-refractivity contribution in [3.8, 4) is 23.0 Å². The van der Waals surface area contributed by atoms with Gasteiger partial charge in [-0.25, -0.2) is 0 Å². The van der Waals surface area contributed by atoms with Crippen molar-refractivity contribution in [3.63, 3.8) is 0 Å². The molecule has 1 aliphatic rings. The number of β-amino-alcohol motifs (C(OH)–C–C–N with tert-alkyl or cyclic N) is 1. The van der Waals surface area contributed by atoms with Crippen molar-refractivity contribution in [2.45, 2.75) is 52.3 Å². The van der Waals surface area contributed by atoms with Crippen LogP contribution in [-0.4, -0.2) is 57.5 Å². The molecule has 0 bridgehead atoms.